The van der Waals surface area contributed by atoms with Gasteiger partial charge in [0.05, 0.1) is 17.1 Å². The number of amides is 2. The van der Waals surface area contributed by atoms with E-state index in [-0.39, 0.29) is 11.8 Å². The molecule has 4 heterocycles. The number of nitrogens with zero attached hydrogens (tertiary/aromatic N) is 6. The number of fused-ring (bicyclic) bond motifs is 1. The van der Waals surface area contributed by atoms with Crippen LogP contribution in [0.4, 0.5) is 16.3 Å². The maximum Gasteiger partial charge on any atom is 0.412 e. The number of aromatic nitrogens is 4. The fraction of sp³-hybridized carbons (Fsp3) is 0.375. The van der Waals surface area contributed by atoms with Crippen LogP contribution < -0.4 is 10.6 Å². The number of hydrogen-bond acceptors (Lipinski definition) is 8. The molecule has 1 saturated carbocycles. The molecule has 0 bridgehead atoms. The molecule has 1 unspecified atom stereocenters. The summed E-state index contributed by atoms with van der Waals surface area (Å²) in [6, 6.07) is 9.66. The average Bonchev–Trinajstić information content (AvgIpc) is 3.43. The van der Waals surface area contributed by atoms with Crippen molar-refractivity contribution >= 4 is 40.5 Å². The molecule has 2 aliphatic rings. The van der Waals surface area contributed by atoms with Gasteiger partial charge in [0.15, 0.2) is 0 Å². The van der Waals surface area contributed by atoms with Gasteiger partial charge in [-0.1, -0.05) is 0 Å². The van der Waals surface area contributed by atoms with Gasteiger partial charge >= 0.3 is 6.09 Å². The largest absolute Gasteiger partial charge is 0.444 e. The molecule has 1 aliphatic carbocycles. The number of aryl methyl sites for hydroxylation is 2. The Hall–Kier alpha value is -4.80. The van der Waals surface area contributed by atoms with Crippen molar-refractivity contribution < 1.29 is 14.3 Å². The molecule has 3 atom stereocenters. The lowest BCUT2D eigenvalue weighted by Crippen LogP contribution is -2.27. The van der Waals surface area contributed by atoms with E-state index in [4.69, 9.17) is 9.72 Å². The fourth-order valence-corrected chi connectivity index (χ4v) is 5.76. The number of carbonyl (C=O) groups is 2. The van der Waals surface area contributed by atoms with Gasteiger partial charge in [-0.25, -0.2) is 9.78 Å². The summed E-state index contributed by atoms with van der Waals surface area (Å²) >= 11 is 0. The minimum Gasteiger partial charge on any atom is -0.444 e. The molecular formula is C32H36N8O3. The molecule has 11 nitrogen and oxygen atoms in total. The molecule has 1 fully saturated rings. The zero-order valence-corrected chi connectivity index (χ0v) is 25.3. The molecule has 222 valence electrons. The number of ether oxygens (including phenoxy) is 1. The maximum atomic E-state index is 13.1. The monoisotopic (exact) mass is 580 g/mol. The predicted octanol–water partition coefficient (Wildman–Crippen LogP) is 5.47. The third-order valence-corrected chi connectivity index (χ3v) is 7.89. The fourth-order valence-electron chi connectivity index (χ4n) is 5.76. The first-order chi connectivity index (χ1) is 20.5. The van der Waals surface area contributed by atoms with E-state index in [1.807, 2.05) is 83.3 Å². The molecule has 3 aromatic heterocycles. The Labute approximate surface area is 250 Å². The molecule has 0 radical (unpaired) electrons. The highest BCUT2D eigenvalue weighted by molar-refractivity contribution is 6.05. The van der Waals surface area contributed by atoms with Crippen LogP contribution >= 0.6 is 0 Å². The molecule has 1 aromatic carbocycles. The molecule has 2 amide bonds. The van der Waals surface area contributed by atoms with Crippen molar-refractivity contribution in [2.45, 2.75) is 39.7 Å². The number of nitrogens with one attached hydrogen (secondary N) is 2. The third kappa shape index (κ3) is 5.93. The van der Waals surface area contributed by atoms with E-state index >= 15 is 0 Å². The molecule has 6 rings (SSSR count). The molecular weight excluding hydrogens is 544 g/mol. The summed E-state index contributed by atoms with van der Waals surface area (Å²) in [5.74, 6) is 0.950. The van der Waals surface area contributed by atoms with Crippen molar-refractivity contribution in [2.24, 2.45) is 29.9 Å². The smallest absolute Gasteiger partial charge is 0.412 e. The van der Waals surface area contributed by atoms with Crippen molar-refractivity contribution in [3.63, 3.8) is 0 Å². The van der Waals surface area contributed by atoms with E-state index in [1.54, 1.807) is 23.3 Å². The average molecular weight is 581 g/mol. The summed E-state index contributed by atoms with van der Waals surface area (Å²) in [7, 11) is 3.82. The quantitative estimate of drug-likeness (QED) is 0.309. The van der Waals surface area contributed by atoms with Crippen LogP contribution in [0.1, 0.15) is 32.8 Å². The van der Waals surface area contributed by atoms with E-state index in [9.17, 15) is 9.59 Å². The number of pyridine rings is 2. The zero-order chi connectivity index (χ0) is 30.5. The number of hydrazone groups is 1. The number of carbonyl (C=O) groups excluding carboxylic acids is 2. The predicted molar refractivity (Wildman–Crippen MR) is 167 cm³/mol. The summed E-state index contributed by atoms with van der Waals surface area (Å²) in [5.41, 5.74) is 4.27. The van der Waals surface area contributed by atoms with Crippen molar-refractivity contribution in [1.82, 2.24) is 24.8 Å². The van der Waals surface area contributed by atoms with Crippen LogP contribution in [0.15, 0.2) is 54.0 Å². The molecule has 2 N–H and O–H groups in total. The van der Waals surface area contributed by atoms with E-state index < -0.39 is 11.7 Å². The van der Waals surface area contributed by atoms with Gasteiger partial charge in [-0.2, -0.15) is 10.2 Å². The van der Waals surface area contributed by atoms with E-state index in [0.29, 0.717) is 28.7 Å². The van der Waals surface area contributed by atoms with Gasteiger partial charge in [-0.05, 0) is 86.9 Å². The van der Waals surface area contributed by atoms with Crippen LogP contribution in [0, 0.1) is 24.7 Å². The van der Waals surface area contributed by atoms with Crippen molar-refractivity contribution in [3.05, 3.63) is 54.5 Å². The summed E-state index contributed by atoms with van der Waals surface area (Å²) in [6.45, 7) is 8.32. The van der Waals surface area contributed by atoms with Gasteiger partial charge in [0, 0.05) is 68.2 Å². The van der Waals surface area contributed by atoms with Gasteiger partial charge in [0.1, 0.15) is 11.4 Å². The normalized spacial score (nSPS) is 19.5. The van der Waals surface area contributed by atoms with Crippen molar-refractivity contribution in [2.75, 3.05) is 24.2 Å². The lowest BCUT2D eigenvalue weighted by Gasteiger charge is -2.21. The SMILES string of the molecule is Cc1ccnc(-c2ccnn2C)c1-c1cc(NC(=O)OC(C)(C)C)c2cnc(NC(=O)[C@H]3C[C@@H]3C3C=NN(C)C3)cc2c1. The van der Waals surface area contributed by atoms with Gasteiger partial charge in [-0.15, -0.1) is 0 Å². The first-order valence-electron chi connectivity index (χ1n) is 14.4. The Morgan fingerprint density at radius 1 is 1.05 bits per heavy atom. The Kier molecular flexibility index (Phi) is 7.11. The number of anilines is 2. The Morgan fingerprint density at radius 2 is 1.86 bits per heavy atom. The molecule has 1 aliphatic heterocycles. The summed E-state index contributed by atoms with van der Waals surface area (Å²) in [4.78, 5) is 35.3. The van der Waals surface area contributed by atoms with Gasteiger partial charge in [0.25, 0.3) is 0 Å². The van der Waals surface area contributed by atoms with Crippen LogP contribution in [-0.2, 0) is 16.6 Å². The Bertz CT molecular complexity index is 1760. The summed E-state index contributed by atoms with van der Waals surface area (Å²) in [6.07, 6.45) is 7.41. The van der Waals surface area contributed by atoms with Crippen LogP contribution in [0.5, 0.6) is 0 Å². The molecule has 0 saturated heterocycles. The van der Waals surface area contributed by atoms with Crippen LogP contribution in [0.2, 0.25) is 0 Å². The molecule has 11 heteroatoms. The second-order valence-corrected chi connectivity index (χ2v) is 12.4. The Morgan fingerprint density at radius 3 is 2.56 bits per heavy atom. The lowest BCUT2D eigenvalue weighted by atomic mass is 9.95. The van der Waals surface area contributed by atoms with E-state index in [1.165, 1.54) is 0 Å². The molecule has 43 heavy (non-hydrogen) atoms. The van der Waals surface area contributed by atoms with Crippen LogP contribution in [0.3, 0.4) is 0 Å². The third-order valence-electron chi connectivity index (χ3n) is 7.89. The molecule has 4 aromatic rings. The maximum absolute atomic E-state index is 13.1. The number of benzene rings is 1. The summed E-state index contributed by atoms with van der Waals surface area (Å²) < 4.78 is 7.35. The number of hydrogen-bond donors (Lipinski definition) is 2. The standard InChI is InChI=1S/C32H36N8O3/c1-18-7-9-33-29(26-8-10-35-40(26)6)28(18)20-11-19-13-27(38-30(41)23-14-22(23)21-15-36-39(5)17-21)34-16-24(19)25(12-20)37-31(42)43-32(2,3)4/h7-13,15-16,21-23H,14,17H2,1-6H3,(H,37,42)(H,34,38,41)/t21?,22-,23+/m1/s1. The minimum absolute atomic E-state index is 0.0374. The second kappa shape index (κ2) is 10.8. The van der Waals surface area contributed by atoms with Crippen molar-refractivity contribution in [3.8, 4) is 22.5 Å². The molecule has 0 spiro atoms. The van der Waals surface area contributed by atoms with Gasteiger partial charge in [0.2, 0.25) is 5.91 Å². The summed E-state index contributed by atoms with van der Waals surface area (Å²) in [5, 5.41) is 18.0. The minimum atomic E-state index is -0.666. The second-order valence-electron chi connectivity index (χ2n) is 12.4. The van der Waals surface area contributed by atoms with E-state index in [0.717, 1.165) is 46.4 Å². The highest BCUT2D eigenvalue weighted by Crippen LogP contribution is 2.46. The van der Waals surface area contributed by atoms with Gasteiger partial charge < -0.3 is 10.1 Å². The van der Waals surface area contributed by atoms with Crippen LogP contribution in [-0.4, -0.2) is 62.2 Å². The van der Waals surface area contributed by atoms with Gasteiger partial charge in [-0.3, -0.25) is 24.8 Å². The van der Waals surface area contributed by atoms with E-state index in [2.05, 4.69) is 25.8 Å². The zero-order valence-electron chi connectivity index (χ0n) is 25.3. The van der Waals surface area contributed by atoms with Crippen molar-refractivity contribution in [1.29, 1.82) is 0 Å². The van der Waals surface area contributed by atoms with Crippen LogP contribution in [0.25, 0.3) is 33.3 Å². The highest BCUT2D eigenvalue weighted by Gasteiger charge is 2.48. The first-order valence-corrected chi connectivity index (χ1v) is 14.4. The Balaban J connectivity index is 1.38. The first kappa shape index (κ1) is 28.3. The highest BCUT2D eigenvalue weighted by atomic mass is 16.6. The number of rotatable bonds is 6. The lowest BCUT2D eigenvalue weighted by molar-refractivity contribution is -0.117. The topological polar surface area (TPSA) is 127 Å².